The molecule has 27 heavy (non-hydrogen) atoms. The molecule has 6 nitrogen and oxygen atoms in total. The van der Waals surface area contributed by atoms with E-state index in [0.717, 1.165) is 12.2 Å². The fraction of sp³-hybridized carbons (Fsp3) is 0.333. The molecule has 0 saturated carbocycles. The van der Waals surface area contributed by atoms with E-state index in [1.165, 1.54) is 14.0 Å². The fourth-order valence-electron chi connectivity index (χ4n) is 2.39. The van der Waals surface area contributed by atoms with Crippen LogP contribution in [0.25, 0.3) is 0 Å². The molecule has 6 heteroatoms. The summed E-state index contributed by atoms with van der Waals surface area (Å²) in [5.41, 5.74) is 1.57. The van der Waals surface area contributed by atoms with Crippen molar-refractivity contribution in [3.05, 3.63) is 48.0 Å². The van der Waals surface area contributed by atoms with Gasteiger partial charge >= 0.3 is 0 Å². The lowest BCUT2D eigenvalue weighted by molar-refractivity contribution is -0.114. The quantitative estimate of drug-likeness (QED) is 0.725. The summed E-state index contributed by atoms with van der Waals surface area (Å²) in [6.45, 7) is 6.36. The first-order valence-corrected chi connectivity index (χ1v) is 8.89. The van der Waals surface area contributed by atoms with Gasteiger partial charge in [-0.3, -0.25) is 9.59 Å². The van der Waals surface area contributed by atoms with Gasteiger partial charge in [-0.05, 0) is 54.8 Å². The molecule has 2 amide bonds. The van der Waals surface area contributed by atoms with Gasteiger partial charge in [0.25, 0.3) is 5.91 Å². The Morgan fingerprint density at radius 2 is 1.74 bits per heavy atom. The van der Waals surface area contributed by atoms with Gasteiger partial charge in [0.2, 0.25) is 5.91 Å². The number of carbonyl (C=O) groups is 2. The molecular weight excluding hydrogens is 344 g/mol. The maximum Gasteiger partial charge on any atom is 0.255 e. The van der Waals surface area contributed by atoms with E-state index in [1.807, 2.05) is 0 Å². The zero-order chi connectivity index (χ0) is 19.8. The molecule has 0 aliphatic heterocycles. The number of rotatable bonds is 8. The minimum absolute atomic E-state index is 0.218. The van der Waals surface area contributed by atoms with E-state index in [0.29, 0.717) is 35.2 Å². The third-order valence-electron chi connectivity index (χ3n) is 3.85. The predicted molar refractivity (Wildman–Crippen MR) is 107 cm³/mol. The third-order valence-corrected chi connectivity index (χ3v) is 3.85. The molecule has 0 unspecified atom stereocenters. The van der Waals surface area contributed by atoms with E-state index in [-0.39, 0.29) is 11.8 Å². The molecule has 2 aromatic carbocycles. The van der Waals surface area contributed by atoms with Crippen molar-refractivity contribution >= 4 is 23.2 Å². The van der Waals surface area contributed by atoms with Crippen molar-refractivity contribution in [2.75, 3.05) is 24.4 Å². The van der Waals surface area contributed by atoms with Gasteiger partial charge < -0.3 is 20.1 Å². The summed E-state index contributed by atoms with van der Waals surface area (Å²) >= 11 is 0. The molecule has 0 atom stereocenters. The number of methoxy groups -OCH3 is 1. The average molecular weight is 370 g/mol. The van der Waals surface area contributed by atoms with Crippen molar-refractivity contribution in [3.8, 4) is 11.5 Å². The molecule has 0 aliphatic rings. The molecule has 0 aliphatic carbocycles. The van der Waals surface area contributed by atoms with Crippen LogP contribution in [0.1, 0.15) is 37.6 Å². The summed E-state index contributed by atoms with van der Waals surface area (Å²) in [4.78, 5) is 23.8. The Balaban J connectivity index is 2.03. The lowest BCUT2D eigenvalue weighted by atomic mass is 10.1. The smallest absolute Gasteiger partial charge is 0.255 e. The van der Waals surface area contributed by atoms with Crippen LogP contribution in [0.2, 0.25) is 0 Å². The van der Waals surface area contributed by atoms with Gasteiger partial charge in [0.05, 0.1) is 19.4 Å². The Kier molecular flexibility index (Phi) is 7.23. The molecule has 0 fully saturated rings. The molecule has 0 spiro atoms. The second-order valence-electron chi connectivity index (χ2n) is 6.61. The molecule has 0 bridgehead atoms. The number of carbonyl (C=O) groups excluding carboxylic acids is 2. The van der Waals surface area contributed by atoms with Gasteiger partial charge in [0.15, 0.2) is 0 Å². The molecule has 0 radical (unpaired) electrons. The molecule has 0 saturated heterocycles. The summed E-state index contributed by atoms with van der Waals surface area (Å²) in [6.07, 6.45) is 0.982. The van der Waals surface area contributed by atoms with Crippen LogP contribution in [0.4, 0.5) is 11.4 Å². The predicted octanol–water partition coefficient (Wildman–Crippen LogP) is 4.33. The number of hydrogen-bond acceptors (Lipinski definition) is 4. The van der Waals surface area contributed by atoms with Crippen LogP contribution in [0, 0.1) is 5.92 Å². The Labute approximate surface area is 159 Å². The van der Waals surface area contributed by atoms with Crippen LogP contribution >= 0.6 is 0 Å². The zero-order valence-electron chi connectivity index (χ0n) is 16.2. The number of amides is 2. The summed E-state index contributed by atoms with van der Waals surface area (Å²) in [7, 11) is 1.52. The van der Waals surface area contributed by atoms with E-state index in [9.17, 15) is 9.59 Å². The Morgan fingerprint density at radius 1 is 1.04 bits per heavy atom. The van der Waals surface area contributed by atoms with Crippen LogP contribution in [-0.4, -0.2) is 25.5 Å². The second-order valence-corrected chi connectivity index (χ2v) is 6.61. The van der Waals surface area contributed by atoms with Crippen molar-refractivity contribution in [1.29, 1.82) is 0 Å². The highest BCUT2D eigenvalue weighted by Gasteiger charge is 2.10. The molecule has 2 rings (SSSR count). The number of hydrogen-bond donors (Lipinski definition) is 2. The van der Waals surface area contributed by atoms with Gasteiger partial charge in [-0.1, -0.05) is 13.8 Å². The van der Waals surface area contributed by atoms with Gasteiger partial charge in [-0.2, -0.15) is 0 Å². The minimum atomic E-state index is -0.248. The number of ether oxygens (including phenoxy) is 2. The van der Waals surface area contributed by atoms with Crippen LogP contribution in [0.5, 0.6) is 11.5 Å². The molecular formula is C21H26N2O4. The normalized spacial score (nSPS) is 10.4. The summed E-state index contributed by atoms with van der Waals surface area (Å²) in [6, 6.07) is 12.1. The van der Waals surface area contributed by atoms with Gasteiger partial charge in [-0.15, -0.1) is 0 Å². The SMILES string of the molecule is COc1ccc(NC(=O)c2ccc(OCCC(C)C)cc2)cc1NC(C)=O. The summed E-state index contributed by atoms with van der Waals surface area (Å²) in [5.74, 6) is 1.38. The lowest BCUT2D eigenvalue weighted by Crippen LogP contribution is -2.13. The van der Waals surface area contributed by atoms with Gasteiger partial charge in [-0.25, -0.2) is 0 Å². The van der Waals surface area contributed by atoms with Gasteiger partial charge in [0, 0.05) is 18.2 Å². The van der Waals surface area contributed by atoms with Crippen molar-refractivity contribution in [2.24, 2.45) is 5.92 Å². The second kappa shape index (κ2) is 9.62. The first-order chi connectivity index (χ1) is 12.9. The van der Waals surface area contributed by atoms with E-state index < -0.39 is 0 Å². The average Bonchev–Trinajstić information content (AvgIpc) is 2.61. The lowest BCUT2D eigenvalue weighted by Gasteiger charge is -2.12. The van der Waals surface area contributed by atoms with Crippen molar-refractivity contribution < 1.29 is 19.1 Å². The highest BCUT2D eigenvalue weighted by molar-refractivity contribution is 6.05. The number of benzene rings is 2. The molecule has 2 aromatic rings. The Hall–Kier alpha value is -3.02. The van der Waals surface area contributed by atoms with Crippen molar-refractivity contribution in [2.45, 2.75) is 27.2 Å². The Morgan fingerprint density at radius 3 is 2.33 bits per heavy atom. The summed E-state index contributed by atoms with van der Waals surface area (Å²) < 4.78 is 10.9. The van der Waals surface area contributed by atoms with Gasteiger partial charge in [0.1, 0.15) is 11.5 Å². The third kappa shape index (κ3) is 6.33. The number of nitrogens with one attached hydrogen (secondary N) is 2. The standard InChI is InChI=1S/C21H26N2O4/c1-14(2)11-12-27-18-8-5-16(6-9-18)21(25)23-17-7-10-20(26-4)19(13-17)22-15(3)24/h5-10,13-14H,11-12H2,1-4H3,(H,22,24)(H,23,25). The molecule has 0 aromatic heterocycles. The largest absolute Gasteiger partial charge is 0.495 e. The van der Waals surface area contributed by atoms with E-state index in [4.69, 9.17) is 9.47 Å². The monoisotopic (exact) mass is 370 g/mol. The first-order valence-electron chi connectivity index (χ1n) is 8.89. The minimum Gasteiger partial charge on any atom is -0.495 e. The topological polar surface area (TPSA) is 76.7 Å². The van der Waals surface area contributed by atoms with Crippen LogP contribution in [0.15, 0.2) is 42.5 Å². The first kappa shape index (κ1) is 20.3. The molecule has 144 valence electrons. The number of anilines is 2. The highest BCUT2D eigenvalue weighted by Crippen LogP contribution is 2.28. The Bertz CT molecular complexity index is 785. The fourth-order valence-corrected chi connectivity index (χ4v) is 2.39. The highest BCUT2D eigenvalue weighted by atomic mass is 16.5. The maximum atomic E-state index is 12.4. The van der Waals surface area contributed by atoms with E-state index in [1.54, 1.807) is 42.5 Å². The van der Waals surface area contributed by atoms with Crippen molar-refractivity contribution in [3.63, 3.8) is 0 Å². The van der Waals surface area contributed by atoms with E-state index in [2.05, 4.69) is 24.5 Å². The van der Waals surface area contributed by atoms with Crippen molar-refractivity contribution in [1.82, 2.24) is 0 Å². The maximum absolute atomic E-state index is 12.4. The molecule has 2 N–H and O–H groups in total. The summed E-state index contributed by atoms with van der Waals surface area (Å²) in [5, 5.41) is 5.49. The van der Waals surface area contributed by atoms with Crippen LogP contribution in [0.3, 0.4) is 0 Å². The van der Waals surface area contributed by atoms with Crippen LogP contribution in [-0.2, 0) is 4.79 Å². The zero-order valence-corrected chi connectivity index (χ0v) is 16.2. The molecule has 0 heterocycles. The van der Waals surface area contributed by atoms with E-state index >= 15 is 0 Å². The van der Waals surface area contributed by atoms with Crippen LogP contribution < -0.4 is 20.1 Å².